The van der Waals surface area contributed by atoms with Gasteiger partial charge in [0.25, 0.3) is 0 Å². The Balaban J connectivity index is 0.0000120. The first-order valence-corrected chi connectivity index (χ1v) is 23.9. The van der Waals surface area contributed by atoms with Crippen LogP contribution in [0.15, 0.2) is 0 Å². The Morgan fingerprint density at radius 3 is 2.07 bits per heavy atom. The van der Waals surface area contributed by atoms with E-state index >= 15 is 0 Å². The molecule has 59 heavy (non-hydrogen) atoms. The summed E-state index contributed by atoms with van der Waals surface area (Å²) in [5.41, 5.74) is 0. The molecule has 0 aromatic rings. The predicted octanol–water partition coefficient (Wildman–Crippen LogP) is -0.0817. The van der Waals surface area contributed by atoms with Crippen LogP contribution in [0.3, 0.4) is 0 Å². The van der Waals surface area contributed by atoms with E-state index in [0.717, 1.165) is 31.4 Å². The smallest absolute Gasteiger partial charge is 0.748 e. The number of aliphatic hydroxyl groups is 3. The number of fused-ring (bicyclic) bond motifs is 1. The van der Waals surface area contributed by atoms with Crippen LogP contribution in [0, 0.1) is 0 Å². The van der Waals surface area contributed by atoms with Crippen molar-refractivity contribution in [3.05, 3.63) is 0 Å². The number of ether oxygens (including phenoxy) is 4. The molecule has 9 atom stereocenters. The van der Waals surface area contributed by atoms with Crippen molar-refractivity contribution in [2.75, 3.05) is 31.3 Å². The number of esters is 2. The van der Waals surface area contributed by atoms with Crippen molar-refractivity contribution in [1.82, 2.24) is 16.0 Å². The maximum atomic E-state index is 12.6. The average Bonchev–Trinajstić information content (AvgIpc) is 3.73. The number of aliphatic hydroxyl groups excluding tert-OH is 3. The molecule has 0 aromatic carbocycles. The van der Waals surface area contributed by atoms with Gasteiger partial charge in [0, 0.05) is 23.8 Å². The van der Waals surface area contributed by atoms with Gasteiger partial charge in [-0.3, -0.25) is 14.4 Å². The van der Waals surface area contributed by atoms with Crippen molar-refractivity contribution < 1.29 is 96.0 Å². The summed E-state index contributed by atoms with van der Waals surface area (Å²) in [6, 6.07) is -0.0110. The van der Waals surface area contributed by atoms with E-state index in [1.54, 1.807) is 11.8 Å². The second kappa shape index (κ2) is 29.9. The summed E-state index contributed by atoms with van der Waals surface area (Å²) >= 11 is 1.76. The number of nitrogens with one attached hydrogen (secondary N) is 3. The topological polar surface area (TPSA) is 259 Å². The fourth-order valence-electron chi connectivity index (χ4n) is 7.41. The van der Waals surface area contributed by atoms with E-state index < -0.39 is 90.3 Å². The van der Waals surface area contributed by atoms with Crippen LogP contribution in [0.4, 0.5) is 4.79 Å². The van der Waals surface area contributed by atoms with Gasteiger partial charge >= 0.3 is 47.5 Å². The molecule has 0 bridgehead atoms. The van der Waals surface area contributed by atoms with E-state index in [1.165, 1.54) is 70.6 Å². The second-order valence-electron chi connectivity index (χ2n) is 15.7. The number of hydrogen-bond donors (Lipinski definition) is 6. The van der Waals surface area contributed by atoms with Crippen molar-refractivity contribution in [2.24, 2.45) is 0 Å². The van der Waals surface area contributed by atoms with Crippen LogP contribution in [0.5, 0.6) is 0 Å². The van der Waals surface area contributed by atoms with E-state index in [1.807, 2.05) is 0 Å². The molecule has 6 N–H and O–H groups in total. The molecule has 1 unspecified atom stereocenters. The zero-order chi connectivity index (χ0) is 42.3. The summed E-state index contributed by atoms with van der Waals surface area (Å²) in [6.45, 7) is 0.616. The van der Waals surface area contributed by atoms with Crippen LogP contribution in [0.1, 0.15) is 135 Å². The van der Waals surface area contributed by atoms with Gasteiger partial charge in [-0.2, -0.15) is 11.8 Å². The Labute approximate surface area is 376 Å². The molecule has 3 aliphatic rings. The molecule has 0 aliphatic carbocycles. The normalized spacial score (nSPS) is 25.6. The van der Waals surface area contributed by atoms with Gasteiger partial charge in [-0.05, 0) is 19.3 Å². The Kier molecular flexibility index (Phi) is 27.3. The number of carbonyl (C=O) groups excluding carboxylic acids is 4. The van der Waals surface area contributed by atoms with Crippen LogP contribution in [-0.2, 0) is 43.4 Å². The Hall–Kier alpha value is -1.26. The molecule has 0 aromatic heterocycles. The third-order valence-electron chi connectivity index (χ3n) is 10.7. The van der Waals surface area contributed by atoms with E-state index in [-0.39, 0.29) is 65.8 Å². The molecule has 0 radical (unpaired) electrons. The zero-order valence-corrected chi connectivity index (χ0v) is 38.7. The fraction of sp³-hybridized carbons (Fsp3) is 0.897. The van der Waals surface area contributed by atoms with Crippen molar-refractivity contribution in [2.45, 2.75) is 189 Å². The van der Waals surface area contributed by atoms with Crippen LogP contribution in [-0.4, -0.2) is 138 Å². The second-order valence-corrected chi connectivity index (χ2v) is 18.4. The molecule has 0 saturated carbocycles. The number of hydrogen-bond acceptors (Lipinski definition) is 15. The molecule has 3 aliphatic heterocycles. The first-order chi connectivity index (χ1) is 27.8. The van der Waals surface area contributed by atoms with Crippen LogP contribution >= 0.6 is 11.8 Å². The number of urea groups is 1. The first kappa shape index (κ1) is 53.9. The SMILES string of the molecule is CCCCCCCCCCCCCCCCCC(=O)OCC(O)CO[C@H]1O[C@H](CS(=O)(=O)[O-])[C@@H](OC(=O)CNC(=O)CCCC[C@@H]2SC[C@@H]3NC(=O)N[C@@H]32)[C@H](O)[C@H]1O.[Na+]. The minimum atomic E-state index is -5.00. The van der Waals surface area contributed by atoms with E-state index in [0.29, 0.717) is 19.3 Å². The fourth-order valence-corrected chi connectivity index (χ4v) is 9.62. The average molecular weight is 890 g/mol. The number of unbranched alkanes of at least 4 members (excludes halogenated alkanes) is 15. The molecular weight excluding hydrogens is 822 g/mol. The predicted molar refractivity (Wildman–Crippen MR) is 215 cm³/mol. The van der Waals surface area contributed by atoms with Crippen molar-refractivity contribution >= 4 is 45.8 Å². The Morgan fingerprint density at radius 1 is 0.864 bits per heavy atom. The largest absolute Gasteiger partial charge is 1.00 e. The summed E-state index contributed by atoms with van der Waals surface area (Å²) in [6.07, 6.45) is 9.84. The molecule has 3 amide bonds. The van der Waals surface area contributed by atoms with Gasteiger partial charge in [0.05, 0.1) is 34.6 Å². The van der Waals surface area contributed by atoms with E-state index in [9.17, 15) is 47.5 Å². The first-order valence-electron chi connectivity index (χ1n) is 21.3. The maximum absolute atomic E-state index is 12.6. The van der Waals surface area contributed by atoms with Gasteiger partial charge in [0.2, 0.25) is 5.91 Å². The molecule has 3 rings (SSSR count). The van der Waals surface area contributed by atoms with E-state index in [4.69, 9.17) is 18.9 Å². The quantitative estimate of drug-likeness (QED) is 0.0175. The van der Waals surface area contributed by atoms with Gasteiger partial charge in [0.1, 0.15) is 37.6 Å². The number of rotatable bonds is 31. The molecule has 3 saturated heterocycles. The number of carbonyl (C=O) groups is 4. The molecule has 20 heteroatoms. The molecule has 3 heterocycles. The summed E-state index contributed by atoms with van der Waals surface area (Å²) in [4.78, 5) is 48.6. The zero-order valence-electron chi connectivity index (χ0n) is 35.0. The Morgan fingerprint density at radius 2 is 1.46 bits per heavy atom. The van der Waals surface area contributed by atoms with E-state index in [2.05, 4.69) is 22.9 Å². The van der Waals surface area contributed by atoms with Gasteiger partial charge in [-0.25, -0.2) is 13.2 Å². The van der Waals surface area contributed by atoms with Crippen molar-refractivity contribution in [3.8, 4) is 0 Å². The monoisotopic (exact) mass is 889 g/mol. The van der Waals surface area contributed by atoms with Crippen LogP contribution < -0.4 is 45.5 Å². The molecule has 336 valence electrons. The third-order valence-corrected chi connectivity index (χ3v) is 12.9. The minimum Gasteiger partial charge on any atom is -0.748 e. The molecule has 17 nitrogen and oxygen atoms in total. The minimum absolute atomic E-state index is 0. The van der Waals surface area contributed by atoms with Crippen LogP contribution in [0.25, 0.3) is 0 Å². The molecule has 3 fully saturated rings. The number of thioether (sulfide) groups is 1. The van der Waals surface area contributed by atoms with Gasteiger partial charge in [-0.1, -0.05) is 103 Å². The van der Waals surface area contributed by atoms with Crippen molar-refractivity contribution in [1.29, 1.82) is 0 Å². The number of amides is 3. The third kappa shape index (κ3) is 22.1. The summed E-state index contributed by atoms with van der Waals surface area (Å²) < 4.78 is 55.9. The van der Waals surface area contributed by atoms with Gasteiger partial charge in [-0.15, -0.1) is 0 Å². The Bertz CT molecular complexity index is 1350. The molecule has 0 spiro atoms. The summed E-state index contributed by atoms with van der Waals surface area (Å²) in [7, 11) is -5.00. The maximum Gasteiger partial charge on any atom is 1.00 e. The van der Waals surface area contributed by atoms with Crippen molar-refractivity contribution in [3.63, 3.8) is 0 Å². The summed E-state index contributed by atoms with van der Waals surface area (Å²) in [5.74, 6) is -2.45. The molecular formula is C39H68N3NaO14S2. The standard InChI is InChI=1S/C39H69N3O14S2.Na/c1-2-3-4-5-6-7-8-9-10-11-12-13-14-15-16-21-32(45)53-23-27(43)24-54-38-36(48)35(47)37(29(55-38)26-58(50,51)52)56-33(46)22-40-31(44)20-18-17-19-30-34-28(25-57-30)41-39(49)42-34;/h27-30,34-38,43,47-48H,2-26H2,1H3,(H,40,44)(H2,41,42,49)(H,50,51,52);/q;+1/p-1/t27?,28-,29+,30-,34-,35+,36+,37+,38-;/m0./s1. The summed E-state index contributed by atoms with van der Waals surface area (Å²) in [5, 5.41) is 40.1. The van der Waals surface area contributed by atoms with Gasteiger partial charge < -0.3 is 54.8 Å². The van der Waals surface area contributed by atoms with Gasteiger partial charge in [0.15, 0.2) is 12.4 Å². The van der Waals surface area contributed by atoms with Crippen LogP contribution in [0.2, 0.25) is 0 Å².